The molecule has 0 bridgehead atoms. The van der Waals surface area contributed by atoms with Gasteiger partial charge in [-0.3, -0.25) is 9.59 Å². The minimum absolute atomic E-state index is 0.0407. The lowest BCUT2D eigenvalue weighted by Gasteiger charge is -2.26. The highest BCUT2D eigenvalue weighted by molar-refractivity contribution is 7.12. The number of carbonyl (C=O) groups is 2. The molecule has 7 nitrogen and oxygen atoms in total. The van der Waals surface area contributed by atoms with Crippen molar-refractivity contribution in [3.63, 3.8) is 0 Å². The van der Waals surface area contributed by atoms with Gasteiger partial charge in [-0.1, -0.05) is 19.9 Å². The van der Waals surface area contributed by atoms with Gasteiger partial charge in [0.15, 0.2) is 0 Å². The Morgan fingerprint density at radius 2 is 2.03 bits per heavy atom. The first-order valence-electron chi connectivity index (χ1n) is 9.76. The molecule has 1 aliphatic rings. The van der Waals surface area contributed by atoms with E-state index in [0.29, 0.717) is 17.9 Å². The van der Waals surface area contributed by atoms with E-state index in [1.165, 1.54) is 9.91 Å². The summed E-state index contributed by atoms with van der Waals surface area (Å²) in [5.41, 5.74) is 1.66. The lowest BCUT2D eigenvalue weighted by atomic mass is 9.99. The first kappa shape index (κ1) is 21.8. The molecule has 1 unspecified atom stereocenters. The molecular weight excluding hydrogens is 402 g/mol. The summed E-state index contributed by atoms with van der Waals surface area (Å²) in [6.07, 6.45) is 0.553. The molecule has 1 aromatic carbocycles. The number of carbonyl (C=O) groups excluding carboxylic acids is 2. The molecule has 30 heavy (non-hydrogen) atoms. The third-order valence-corrected chi connectivity index (χ3v) is 5.93. The van der Waals surface area contributed by atoms with Gasteiger partial charge in [-0.15, -0.1) is 11.3 Å². The number of hydrogen-bond donors (Lipinski definition) is 0. The van der Waals surface area contributed by atoms with Crippen molar-refractivity contribution in [2.75, 3.05) is 27.8 Å². The summed E-state index contributed by atoms with van der Waals surface area (Å²) in [6, 6.07) is 9.13. The van der Waals surface area contributed by atoms with Crippen LogP contribution in [0.2, 0.25) is 0 Å². The van der Waals surface area contributed by atoms with Crippen LogP contribution in [0, 0.1) is 5.92 Å². The zero-order valence-corrected chi connectivity index (χ0v) is 18.7. The number of thiophene rings is 1. The van der Waals surface area contributed by atoms with Crippen LogP contribution < -0.4 is 9.47 Å². The number of rotatable bonds is 7. The highest BCUT2D eigenvalue weighted by atomic mass is 32.1. The van der Waals surface area contributed by atoms with Gasteiger partial charge < -0.3 is 14.4 Å². The summed E-state index contributed by atoms with van der Waals surface area (Å²) < 4.78 is 10.9. The Morgan fingerprint density at radius 3 is 2.63 bits per heavy atom. The van der Waals surface area contributed by atoms with Crippen LogP contribution in [-0.4, -0.2) is 55.2 Å². The largest absolute Gasteiger partial charge is 0.497 e. The van der Waals surface area contributed by atoms with Crippen LogP contribution in [0.1, 0.15) is 36.8 Å². The molecule has 0 aliphatic carbocycles. The average Bonchev–Trinajstić information content (AvgIpc) is 3.42. The number of likely N-dealkylation sites (N-methyl/N-ethyl adjacent to an activating group) is 1. The predicted molar refractivity (Wildman–Crippen MR) is 117 cm³/mol. The average molecular weight is 430 g/mol. The normalized spacial score (nSPS) is 15.9. The van der Waals surface area contributed by atoms with Crippen molar-refractivity contribution in [1.82, 2.24) is 9.91 Å². The van der Waals surface area contributed by atoms with Gasteiger partial charge in [0.1, 0.15) is 18.0 Å². The Kier molecular flexibility index (Phi) is 6.77. The SMILES string of the molecule is COc1ccc(OC)c(C2CC(c3cccs3)=NN2C(=O)CN(C)C(=O)C(C)C)c1. The lowest BCUT2D eigenvalue weighted by molar-refractivity contribution is -0.142. The van der Waals surface area contributed by atoms with E-state index >= 15 is 0 Å². The molecule has 2 heterocycles. The molecule has 0 saturated carbocycles. The molecule has 2 amide bonds. The smallest absolute Gasteiger partial charge is 0.262 e. The van der Waals surface area contributed by atoms with Crippen LogP contribution in [0.15, 0.2) is 40.8 Å². The van der Waals surface area contributed by atoms with Gasteiger partial charge in [-0.05, 0) is 29.6 Å². The molecule has 0 fully saturated rings. The Hall–Kier alpha value is -2.87. The molecule has 1 aromatic heterocycles. The Bertz CT molecular complexity index is 940. The van der Waals surface area contributed by atoms with Crippen LogP contribution in [0.4, 0.5) is 0 Å². The van der Waals surface area contributed by atoms with Crippen LogP contribution in [0.25, 0.3) is 0 Å². The molecule has 3 rings (SSSR count). The maximum atomic E-state index is 13.2. The quantitative estimate of drug-likeness (QED) is 0.675. The standard InChI is InChI=1S/C22H27N3O4S/c1-14(2)22(27)24(3)13-21(26)25-18(12-17(23-25)20-7-6-10-30-20)16-11-15(28-4)8-9-19(16)29-5/h6-11,14,18H,12-13H2,1-5H3. The van der Waals surface area contributed by atoms with Gasteiger partial charge in [-0.25, -0.2) is 5.01 Å². The number of methoxy groups -OCH3 is 2. The molecule has 1 atom stereocenters. The zero-order valence-electron chi connectivity index (χ0n) is 17.9. The van der Waals surface area contributed by atoms with E-state index in [-0.39, 0.29) is 30.3 Å². The van der Waals surface area contributed by atoms with E-state index in [1.54, 1.807) is 32.6 Å². The molecule has 1 aliphatic heterocycles. The first-order valence-corrected chi connectivity index (χ1v) is 10.6. The Balaban J connectivity index is 1.95. The summed E-state index contributed by atoms with van der Waals surface area (Å²) in [5.74, 6) is 0.831. The van der Waals surface area contributed by atoms with Gasteiger partial charge in [0.25, 0.3) is 5.91 Å². The monoisotopic (exact) mass is 429 g/mol. The van der Waals surface area contributed by atoms with Gasteiger partial charge in [-0.2, -0.15) is 5.10 Å². The number of hydrogen-bond acceptors (Lipinski definition) is 6. The molecule has 0 saturated heterocycles. The van der Waals surface area contributed by atoms with Crippen LogP contribution in [0.3, 0.4) is 0 Å². The molecule has 160 valence electrons. The molecule has 0 radical (unpaired) electrons. The maximum Gasteiger partial charge on any atom is 0.262 e. The van der Waals surface area contributed by atoms with Crippen LogP contribution in [-0.2, 0) is 9.59 Å². The molecule has 0 N–H and O–H groups in total. The summed E-state index contributed by atoms with van der Waals surface area (Å²) in [5, 5.41) is 8.12. The topological polar surface area (TPSA) is 71.4 Å². The molecule has 0 spiro atoms. The van der Waals surface area contributed by atoms with E-state index in [9.17, 15) is 9.59 Å². The summed E-state index contributed by atoms with van der Waals surface area (Å²) >= 11 is 1.58. The maximum absolute atomic E-state index is 13.2. The Morgan fingerprint density at radius 1 is 1.27 bits per heavy atom. The van der Waals surface area contributed by atoms with Crippen molar-refractivity contribution in [3.8, 4) is 11.5 Å². The second-order valence-electron chi connectivity index (χ2n) is 7.44. The van der Waals surface area contributed by atoms with Crippen molar-refractivity contribution in [2.24, 2.45) is 11.0 Å². The van der Waals surface area contributed by atoms with Crippen molar-refractivity contribution in [1.29, 1.82) is 0 Å². The number of ether oxygens (including phenoxy) is 2. The van der Waals surface area contributed by atoms with Gasteiger partial charge in [0.05, 0.1) is 30.9 Å². The second-order valence-corrected chi connectivity index (χ2v) is 8.39. The highest BCUT2D eigenvalue weighted by Gasteiger charge is 2.36. The van der Waals surface area contributed by atoms with Crippen molar-refractivity contribution < 1.29 is 19.1 Å². The zero-order chi connectivity index (χ0) is 21.8. The fourth-order valence-electron chi connectivity index (χ4n) is 3.47. The molecular formula is C22H27N3O4S. The van der Waals surface area contributed by atoms with Crippen molar-refractivity contribution >= 4 is 28.9 Å². The number of nitrogens with zero attached hydrogens (tertiary/aromatic N) is 3. The number of amides is 2. The van der Waals surface area contributed by atoms with Crippen LogP contribution >= 0.6 is 11.3 Å². The number of benzene rings is 1. The highest BCUT2D eigenvalue weighted by Crippen LogP contribution is 2.39. The third-order valence-electron chi connectivity index (χ3n) is 5.01. The van der Waals surface area contributed by atoms with Gasteiger partial charge >= 0.3 is 0 Å². The lowest BCUT2D eigenvalue weighted by Crippen LogP contribution is -2.40. The fourth-order valence-corrected chi connectivity index (χ4v) is 4.19. The third kappa shape index (κ3) is 4.48. The van der Waals surface area contributed by atoms with E-state index < -0.39 is 0 Å². The molecule has 8 heteroatoms. The summed E-state index contributed by atoms with van der Waals surface area (Å²) in [7, 11) is 4.84. The number of hydrazone groups is 1. The minimum atomic E-state index is -0.345. The second kappa shape index (κ2) is 9.30. The van der Waals surface area contributed by atoms with Crippen molar-refractivity contribution in [2.45, 2.75) is 26.3 Å². The summed E-state index contributed by atoms with van der Waals surface area (Å²) in [6.45, 7) is 3.59. The minimum Gasteiger partial charge on any atom is -0.497 e. The van der Waals surface area contributed by atoms with E-state index in [2.05, 4.69) is 5.10 Å². The Labute approximate surface area is 180 Å². The van der Waals surface area contributed by atoms with Gasteiger partial charge in [0, 0.05) is 24.9 Å². The predicted octanol–water partition coefficient (Wildman–Crippen LogP) is 3.56. The van der Waals surface area contributed by atoms with E-state index in [0.717, 1.165) is 16.2 Å². The molecule has 2 aromatic rings. The first-order chi connectivity index (χ1) is 14.3. The van der Waals surface area contributed by atoms with Crippen molar-refractivity contribution in [3.05, 3.63) is 46.2 Å². The van der Waals surface area contributed by atoms with Gasteiger partial charge in [0.2, 0.25) is 5.91 Å². The van der Waals surface area contributed by atoms with Crippen LogP contribution in [0.5, 0.6) is 11.5 Å². The van der Waals surface area contributed by atoms with E-state index in [1.807, 2.05) is 49.6 Å². The van der Waals surface area contributed by atoms with E-state index in [4.69, 9.17) is 9.47 Å². The summed E-state index contributed by atoms with van der Waals surface area (Å²) in [4.78, 5) is 27.9. The fraction of sp³-hybridized carbons (Fsp3) is 0.409.